The van der Waals surface area contributed by atoms with Crippen LogP contribution in [0.5, 0.6) is 0 Å². The first kappa shape index (κ1) is 13.4. The van der Waals surface area contributed by atoms with Crippen LogP contribution in [0.2, 0.25) is 0 Å². The topological polar surface area (TPSA) is 26.3 Å². The molecule has 1 aromatic carbocycles. The molecule has 0 saturated heterocycles. The predicted molar refractivity (Wildman–Crippen MR) is 66.4 cm³/mol. The molecule has 0 N–H and O–H groups in total. The van der Waals surface area contributed by atoms with Gasteiger partial charge in [0.05, 0.1) is 6.61 Å². The third-order valence-electron chi connectivity index (χ3n) is 2.48. The second kappa shape index (κ2) is 5.62. The SMILES string of the molecule is CCOC(=O)/C(F)=C/c1c(C)cc(C)cc1C. The monoisotopic (exact) mass is 236 g/mol. The number of hydrogen-bond acceptors (Lipinski definition) is 2. The molecule has 0 saturated carbocycles. The molecule has 17 heavy (non-hydrogen) atoms. The van der Waals surface area contributed by atoms with E-state index in [1.807, 2.05) is 32.9 Å². The van der Waals surface area contributed by atoms with Crippen LogP contribution in [-0.4, -0.2) is 12.6 Å². The van der Waals surface area contributed by atoms with Crippen molar-refractivity contribution in [2.45, 2.75) is 27.7 Å². The Hall–Kier alpha value is -1.64. The Morgan fingerprint density at radius 2 is 1.82 bits per heavy atom. The number of ether oxygens (including phenoxy) is 1. The van der Waals surface area contributed by atoms with Gasteiger partial charge in [-0.15, -0.1) is 0 Å². The van der Waals surface area contributed by atoms with Crippen molar-refractivity contribution in [3.05, 3.63) is 40.2 Å². The van der Waals surface area contributed by atoms with Crippen molar-refractivity contribution in [3.63, 3.8) is 0 Å². The van der Waals surface area contributed by atoms with Gasteiger partial charge in [-0.1, -0.05) is 17.7 Å². The van der Waals surface area contributed by atoms with Gasteiger partial charge in [0.25, 0.3) is 0 Å². The first-order chi connectivity index (χ1) is 7.95. The van der Waals surface area contributed by atoms with Crippen molar-refractivity contribution in [1.82, 2.24) is 0 Å². The van der Waals surface area contributed by atoms with E-state index >= 15 is 0 Å². The first-order valence-corrected chi connectivity index (χ1v) is 5.58. The average molecular weight is 236 g/mol. The maximum absolute atomic E-state index is 13.5. The number of aryl methyl sites for hydroxylation is 3. The van der Waals surface area contributed by atoms with E-state index in [1.54, 1.807) is 6.92 Å². The smallest absolute Gasteiger partial charge is 0.367 e. The minimum Gasteiger partial charge on any atom is -0.461 e. The van der Waals surface area contributed by atoms with Gasteiger partial charge in [0.1, 0.15) is 0 Å². The van der Waals surface area contributed by atoms with Gasteiger partial charge < -0.3 is 4.74 Å². The molecule has 0 amide bonds. The molecule has 0 unspecified atom stereocenters. The van der Waals surface area contributed by atoms with E-state index in [0.717, 1.165) is 22.3 Å². The highest BCUT2D eigenvalue weighted by Gasteiger charge is 2.11. The Morgan fingerprint density at radius 1 is 1.29 bits per heavy atom. The van der Waals surface area contributed by atoms with E-state index < -0.39 is 11.8 Å². The van der Waals surface area contributed by atoms with Gasteiger partial charge in [0, 0.05) is 0 Å². The Bertz CT molecular complexity index is 438. The quantitative estimate of drug-likeness (QED) is 0.593. The molecular formula is C14H17FO2. The van der Waals surface area contributed by atoms with E-state index in [4.69, 9.17) is 0 Å². The summed E-state index contributed by atoms with van der Waals surface area (Å²) in [7, 11) is 0. The Morgan fingerprint density at radius 3 is 2.29 bits per heavy atom. The fourth-order valence-corrected chi connectivity index (χ4v) is 1.80. The number of esters is 1. The normalized spacial score (nSPS) is 11.5. The second-order valence-electron chi connectivity index (χ2n) is 4.03. The number of hydrogen-bond donors (Lipinski definition) is 0. The van der Waals surface area contributed by atoms with Crippen LogP contribution in [0.1, 0.15) is 29.2 Å². The van der Waals surface area contributed by atoms with Crippen LogP contribution in [0.3, 0.4) is 0 Å². The lowest BCUT2D eigenvalue weighted by molar-refractivity contribution is -0.140. The van der Waals surface area contributed by atoms with E-state index in [1.165, 1.54) is 6.08 Å². The summed E-state index contributed by atoms with van der Waals surface area (Å²) in [5.74, 6) is -1.77. The molecule has 2 nitrogen and oxygen atoms in total. The molecule has 0 heterocycles. The lowest BCUT2D eigenvalue weighted by Crippen LogP contribution is -2.04. The van der Waals surface area contributed by atoms with Gasteiger partial charge in [0.15, 0.2) is 0 Å². The highest BCUT2D eigenvalue weighted by Crippen LogP contribution is 2.20. The zero-order valence-corrected chi connectivity index (χ0v) is 10.6. The fourth-order valence-electron chi connectivity index (χ4n) is 1.80. The van der Waals surface area contributed by atoms with E-state index in [0.29, 0.717) is 0 Å². The van der Waals surface area contributed by atoms with Crippen LogP contribution >= 0.6 is 0 Å². The Balaban J connectivity index is 3.10. The van der Waals surface area contributed by atoms with Crippen LogP contribution in [0.4, 0.5) is 4.39 Å². The van der Waals surface area contributed by atoms with E-state index in [9.17, 15) is 9.18 Å². The molecule has 0 aliphatic rings. The van der Waals surface area contributed by atoms with Gasteiger partial charge in [-0.25, -0.2) is 4.79 Å². The van der Waals surface area contributed by atoms with Crippen molar-refractivity contribution >= 4 is 12.0 Å². The van der Waals surface area contributed by atoms with Crippen molar-refractivity contribution in [3.8, 4) is 0 Å². The summed E-state index contributed by atoms with van der Waals surface area (Å²) in [6.45, 7) is 7.59. The lowest BCUT2D eigenvalue weighted by atomic mass is 9.99. The summed E-state index contributed by atoms with van der Waals surface area (Å²) in [4.78, 5) is 11.2. The predicted octanol–water partition coefficient (Wildman–Crippen LogP) is 3.49. The summed E-state index contributed by atoms with van der Waals surface area (Å²) in [6, 6.07) is 3.91. The molecule has 0 aliphatic heterocycles. The number of carbonyl (C=O) groups is 1. The Kier molecular flexibility index (Phi) is 4.44. The third kappa shape index (κ3) is 3.41. The zero-order chi connectivity index (χ0) is 13.0. The Labute approximate surface area is 101 Å². The molecule has 0 aliphatic carbocycles. The molecule has 0 fully saturated rings. The van der Waals surface area contributed by atoms with Crippen molar-refractivity contribution in [1.29, 1.82) is 0 Å². The highest BCUT2D eigenvalue weighted by atomic mass is 19.1. The van der Waals surface area contributed by atoms with Crippen LogP contribution < -0.4 is 0 Å². The summed E-state index contributed by atoms with van der Waals surface area (Å²) in [5.41, 5.74) is 3.75. The minimum absolute atomic E-state index is 0.173. The van der Waals surface area contributed by atoms with Crippen molar-refractivity contribution in [2.24, 2.45) is 0 Å². The van der Waals surface area contributed by atoms with Crippen molar-refractivity contribution in [2.75, 3.05) is 6.61 Å². The average Bonchev–Trinajstić information content (AvgIpc) is 2.23. The number of rotatable bonds is 3. The molecule has 3 heteroatoms. The van der Waals surface area contributed by atoms with Gasteiger partial charge in [-0.05, 0) is 50.5 Å². The molecule has 0 radical (unpaired) electrons. The maximum atomic E-state index is 13.5. The van der Waals surface area contributed by atoms with E-state index in [2.05, 4.69) is 4.74 Å². The molecule has 92 valence electrons. The molecule has 0 aromatic heterocycles. The van der Waals surface area contributed by atoms with Crippen molar-refractivity contribution < 1.29 is 13.9 Å². The fraction of sp³-hybridized carbons (Fsp3) is 0.357. The molecule has 1 rings (SSSR count). The standard InChI is InChI=1S/C14H17FO2/c1-5-17-14(16)13(15)8-12-10(3)6-9(2)7-11(12)4/h6-8H,5H2,1-4H3/b13-8-. The van der Waals surface area contributed by atoms with Gasteiger partial charge in [0.2, 0.25) is 5.83 Å². The molecule has 0 atom stereocenters. The molecule has 0 bridgehead atoms. The molecule has 0 spiro atoms. The van der Waals surface area contributed by atoms with Gasteiger partial charge >= 0.3 is 5.97 Å². The van der Waals surface area contributed by atoms with E-state index in [-0.39, 0.29) is 6.61 Å². The number of carbonyl (C=O) groups excluding carboxylic acids is 1. The highest BCUT2D eigenvalue weighted by molar-refractivity contribution is 5.91. The minimum atomic E-state index is -0.910. The zero-order valence-electron chi connectivity index (χ0n) is 10.6. The summed E-state index contributed by atoms with van der Waals surface area (Å²) < 4.78 is 18.1. The van der Waals surface area contributed by atoms with Crippen LogP contribution in [-0.2, 0) is 9.53 Å². The molecular weight excluding hydrogens is 219 g/mol. The summed E-state index contributed by atoms with van der Waals surface area (Å²) >= 11 is 0. The molecule has 1 aromatic rings. The number of halogens is 1. The second-order valence-corrected chi connectivity index (χ2v) is 4.03. The van der Waals surface area contributed by atoms with Crippen LogP contribution in [0.15, 0.2) is 18.0 Å². The van der Waals surface area contributed by atoms with Gasteiger partial charge in [-0.2, -0.15) is 4.39 Å². The number of benzene rings is 1. The summed E-state index contributed by atoms with van der Waals surface area (Å²) in [5, 5.41) is 0. The van der Waals surface area contributed by atoms with Crippen LogP contribution in [0, 0.1) is 20.8 Å². The maximum Gasteiger partial charge on any atom is 0.367 e. The van der Waals surface area contributed by atoms with Crippen LogP contribution in [0.25, 0.3) is 6.08 Å². The summed E-state index contributed by atoms with van der Waals surface area (Å²) in [6.07, 6.45) is 1.24. The largest absolute Gasteiger partial charge is 0.461 e. The third-order valence-corrected chi connectivity index (χ3v) is 2.48. The first-order valence-electron chi connectivity index (χ1n) is 5.58. The lowest BCUT2D eigenvalue weighted by Gasteiger charge is -2.07. The van der Waals surface area contributed by atoms with Gasteiger partial charge in [-0.3, -0.25) is 0 Å².